The summed E-state index contributed by atoms with van der Waals surface area (Å²) in [5.74, 6) is -1.46. The number of rotatable bonds is 1. The molecule has 0 aliphatic carbocycles. The lowest BCUT2D eigenvalue weighted by atomic mass is 9.88. The van der Waals surface area contributed by atoms with Gasteiger partial charge in [-0.1, -0.05) is 0 Å². The highest BCUT2D eigenvalue weighted by Crippen LogP contribution is 2.42. The van der Waals surface area contributed by atoms with Gasteiger partial charge in [0.05, 0.1) is 0 Å². The molecule has 3 atom stereocenters. The molecule has 132 valence electrons. The fourth-order valence-electron chi connectivity index (χ4n) is 2.15. The molecule has 1 aliphatic heterocycles. The van der Waals surface area contributed by atoms with Crippen LogP contribution in [0, 0.1) is 5.82 Å². The summed E-state index contributed by atoms with van der Waals surface area (Å²) in [4.78, 5) is 17.0. The number of aromatic nitrogens is 1. The number of aliphatic imine (C=N–C) groups is 1. The Morgan fingerprint density at radius 1 is 1.46 bits per heavy atom. The van der Waals surface area contributed by atoms with Crippen LogP contribution in [-0.4, -0.2) is 40.6 Å². The van der Waals surface area contributed by atoms with Gasteiger partial charge in [0.1, 0.15) is 17.3 Å². The van der Waals surface area contributed by atoms with Crippen LogP contribution in [0.4, 0.5) is 32.6 Å². The first-order valence-electron chi connectivity index (χ1n) is 6.35. The lowest BCUT2D eigenvalue weighted by Crippen LogP contribution is -2.56. The predicted molar refractivity (Wildman–Crippen MR) is 70.4 cm³/mol. The summed E-state index contributed by atoms with van der Waals surface area (Å²) in [5.41, 5.74) is 1.90. The second-order valence-electron chi connectivity index (χ2n) is 5.03. The van der Waals surface area contributed by atoms with Gasteiger partial charge < -0.3 is 15.6 Å². The van der Waals surface area contributed by atoms with Gasteiger partial charge in [-0.25, -0.2) is 28.9 Å². The summed E-state index contributed by atoms with van der Waals surface area (Å²) in [6.07, 6.45) is -9.87. The SMILES string of the molecule is C[C@]1(c2nc(N)ccc2F)OC(NC(=O)O)=N[C@@H](C(F)(F)F)[C@H]1F. The van der Waals surface area contributed by atoms with Gasteiger partial charge >= 0.3 is 12.3 Å². The number of amidine groups is 1. The van der Waals surface area contributed by atoms with Crippen LogP contribution in [0.15, 0.2) is 17.1 Å². The zero-order chi connectivity index (χ0) is 18.3. The van der Waals surface area contributed by atoms with Crippen molar-refractivity contribution in [3.63, 3.8) is 0 Å². The number of carbonyl (C=O) groups is 1. The predicted octanol–water partition coefficient (Wildman–Crippen LogP) is 1.94. The van der Waals surface area contributed by atoms with E-state index in [2.05, 4.69) is 9.98 Å². The molecule has 0 aromatic carbocycles. The Bertz CT molecular complexity index is 696. The Balaban J connectivity index is 2.58. The Morgan fingerprint density at radius 2 is 2.08 bits per heavy atom. The minimum atomic E-state index is -5.17. The first-order valence-corrected chi connectivity index (χ1v) is 6.35. The molecule has 12 heteroatoms. The van der Waals surface area contributed by atoms with Crippen LogP contribution in [0.2, 0.25) is 0 Å². The number of halogens is 5. The van der Waals surface area contributed by atoms with Crippen LogP contribution in [-0.2, 0) is 10.3 Å². The van der Waals surface area contributed by atoms with E-state index in [1.807, 2.05) is 0 Å². The van der Waals surface area contributed by atoms with Crippen molar-refractivity contribution >= 4 is 17.9 Å². The summed E-state index contributed by atoms with van der Waals surface area (Å²) < 4.78 is 72.4. The summed E-state index contributed by atoms with van der Waals surface area (Å²) >= 11 is 0. The second kappa shape index (κ2) is 5.76. The van der Waals surface area contributed by atoms with Gasteiger partial charge in [0.15, 0.2) is 17.8 Å². The van der Waals surface area contributed by atoms with E-state index in [9.17, 15) is 26.7 Å². The number of carboxylic acid groups (broad SMARTS) is 1. The Morgan fingerprint density at radius 3 is 2.62 bits per heavy atom. The molecule has 0 radical (unpaired) electrons. The van der Waals surface area contributed by atoms with Crippen LogP contribution >= 0.6 is 0 Å². The maximum Gasteiger partial charge on any atom is 0.413 e. The lowest BCUT2D eigenvalue weighted by molar-refractivity contribution is -0.188. The van der Waals surface area contributed by atoms with Crippen molar-refractivity contribution in [1.82, 2.24) is 10.3 Å². The van der Waals surface area contributed by atoms with E-state index in [-0.39, 0.29) is 5.82 Å². The van der Waals surface area contributed by atoms with E-state index in [4.69, 9.17) is 15.6 Å². The molecule has 1 aliphatic rings. The van der Waals surface area contributed by atoms with E-state index >= 15 is 0 Å². The van der Waals surface area contributed by atoms with Crippen molar-refractivity contribution in [2.24, 2.45) is 4.99 Å². The molecule has 0 saturated heterocycles. The molecule has 1 amide bonds. The molecule has 24 heavy (non-hydrogen) atoms. The minimum absolute atomic E-state index is 0.290. The van der Waals surface area contributed by atoms with Gasteiger partial charge in [0, 0.05) is 0 Å². The Hall–Kier alpha value is -2.66. The molecule has 0 bridgehead atoms. The van der Waals surface area contributed by atoms with Crippen molar-refractivity contribution in [2.75, 3.05) is 5.73 Å². The molecule has 0 spiro atoms. The van der Waals surface area contributed by atoms with Gasteiger partial charge in [-0.15, -0.1) is 0 Å². The number of nitrogens with one attached hydrogen (secondary N) is 1. The van der Waals surface area contributed by atoms with Crippen molar-refractivity contribution in [3.05, 3.63) is 23.6 Å². The summed E-state index contributed by atoms with van der Waals surface area (Å²) in [5, 5.41) is 10.1. The van der Waals surface area contributed by atoms with E-state index in [1.54, 1.807) is 0 Å². The first kappa shape index (κ1) is 17.7. The number of anilines is 1. The summed E-state index contributed by atoms with van der Waals surface area (Å²) in [7, 11) is 0. The van der Waals surface area contributed by atoms with E-state index in [1.165, 1.54) is 5.32 Å². The Kier molecular flexibility index (Phi) is 4.25. The third-order valence-electron chi connectivity index (χ3n) is 3.26. The number of nitrogens with zero attached hydrogens (tertiary/aromatic N) is 2. The average molecular weight is 354 g/mol. The second-order valence-corrected chi connectivity index (χ2v) is 5.03. The number of amides is 1. The number of nitrogen functional groups attached to an aromatic ring is 1. The zero-order valence-corrected chi connectivity index (χ0v) is 11.9. The van der Waals surface area contributed by atoms with Crippen molar-refractivity contribution in [1.29, 1.82) is 0 Å². The fourth-order valence-corrected chi connectivity index (χ4v) is 2.15. The number of hydrogen-bond acceptors (Lipinski definition) is 5. The molecule has 1 aromatic rings. The van der Waals surface area contributed by atoms with Crippen LogP contribution < -0.4 is 11.1 Å². The third kappa shape index (κ3) is 3.16. The fraction of sp³-hybridized carbons (Fsp3) is 0.417. The number of pyridine rings is 1. The summed E-state index contributed by atoms with van der Waals surface area (Å²) in [6.45, 7) is 0.791. The van der Waals surface area contributed by atoms with Crippen LogP contribution in [0.25, 0.3) is 0 Å². The standard InChI is InChI=1S/C12H11F5N4O3/c1-11(7-4(13)2-3-5(18)19-7)6(14)8(12(15,16)17)20-9(24-11)21-10(22)23/h2-3,6,8H,1H3,(H2,18,19)(H,20,21)(H,22,23)/t6-,8-,11+/m1/s1. The largest absolute Gasteiger partial charge is 0.465 e. The monoisotopic (exact) mass is 354 g/mol. The molecule has 0 saturated carbocycles. The molecule has 0 fully saturated rings. The molecule has 2 rings (SSSR count). The first-order chi connectivity index (χ1) is 10.9. The van der Waals surface area contributed by atoms with Gasteiger partial charge in [-0.2, -0.15) is 13.2 Å². The molecule has 0 unspecified atom stereocenters. The number of alkyl halides is 4. The topological polar surface area (TPSA) is 110 Å². The van der Waals surface area contributed by atoms with Gasteiger partial charge in [0.2, 0.25) is 0 Å². The number of hydrogen-bond donors (Lipinski definition) is 3. The molecule has 4 N–H and O–H groups in total. The van der Waals surface area contributed by atoms with Crippen LogP contribution in [0.1, 0.15) is 12.6 Å². The van der Waals surface area contributed by atoms with Crippen molar-refractivity contribution in [3.8, 4) is 0 Å². The number of nitrogens with two attached hydrogens (primary N) is 1. The lowest BCUT2D eigenvalue weighted by Gasteiger charge is -2.39. The van der Waals surface area contributed by atoms with Crippen LogP contribution in [0.3, 0.4) is 0 Å². The van der Waals surface area contributed by atoms with E-state index in [0.717, 1.165) is 19.1 Å². The van der Waals surface area contributed by atoms with Crippen LogP contribution in [0.5, 0.6) is 0 Å². The molecule has 2 heterocycles. The van der Waals surface area contributed by atoms with Gasteiger partial charge in [0.25, 0.3) is 6.02 Å². The highest BCUT2D eigenvalue weighted by atomic mass is 19.4. The van der Waals surface area contributed by atoms with Gasteiger partial charge in [-0.05, 0) is 19.1 Å². The van der Waals surface area contributed by atoms with E-state index in [0.29, 0.717) is 0 Å². The van der Waals surface area contributed by atoms with E-state index < -0.39 is 47.6 Å². The normalized spacial score (nSPS) is 27.2. The summed E-state index contributed by atoms with van der Waals surface area (Å²) in [6, 6.07) is -2.33. The van der Waals surface area contributed by atoms with Crippen molar-refractivity contribution < 1.29 is 36.6 Å². The number of ether oxygens (including phenoxy) is 1. The highest BCUT2D eigenvalue weighted by Gasteiger charge is 2.59. The molecular weight excluding hydrogens is 343 g/mol. The maximum atomic E-state index is 14.5. The molecule has 7 nitrogen and oxygen atoms in total. The quantitative estimate of drug-likeness (QED) is 0.668. The maximum absolute atomic E-state index is 14.5. The minimum Gasteiger partial charge on any atom is -0.465 e. The Labute approximate surface area is 131 Å². The smallest absolute Gasteiger partial charge is 0.413 e. The van der Waals surface area contributed by atoms with Crippen molar-refractivity contribution in [2.45, 2.75) is 30.9 Å². The van der Waals surface area contributed by atoms with Gasteiger partial charge in [-0.3, -0.25) is 0 Å². The average Bonchev–Trinajstić information content (AvgIpc) is 2.43. The highest BCUT2D eigenvalue weighted by molar-refractivity contribution is 5.90. The molecule has 1 aromatic heterocycles. The third-order valence-corrected chi connectivity index (χ3v) is 3.26. The molecular formula is C12H11F5N4O3. The zero-order valence-electron chi connectivity index (χ0n) is 11.9.